The number of ether oxygens (including phenoxy) is 1. The number of anilines is 1. The number of hydrogen-bond acceptors (Lipinski definition) is 6. The van der Waals surface area contributed by atoms with Gasteiger partial charge in [0.1, 0.15) is 5.75 Å². The standard InChI is InChI=1S/C25H32N4O2S/c1-3-4-18-31-21-10-8-20(9-11-21)24(30)26-12-13-28-14-16-29(17-15-28)25-27-23-19(2)6-5-7-22(23)32-25/h5-11H,3-4,12-18H2,1-2H3,(H,26,30). The number of amides is 1. The Morgan fingerprint density at radius 3 is 2.62 bits per heavy atom. The molecular weight excluding hydrogens is 420 g/mol. The van der Waals surface area contributed by atoms with Crippen molar-refractivity contribution in [2.24, 2.45) is 0 Å². The molecule has 2 heterocycles. The molecule has 2 aromatic carbocycles. The first-order valence-corrected chi connectivity index (χ1v) is 12.3. The zero-order valence-corrected chi connectivity index (χ0v) is 19.8. The maximum atomic E-state index is 12.4. The number of rotatable bonds is 9. The molecule has 1 aliphatic heterocycles. The normalized spacial score (nSPS) is 14.6. The summed E-state index contributed by atoms with van der Waals surface area (Å²) < 4.78 is 6.91. The van der Waals surface area contributed by atoms with Crippen LogP contribution >= 0.6 is 11.3 Å². The van der Waals surface area contributed by atoms with E-state index in [4.69, 9.17) is 9.72 Å². The van der Waals surface area contributed by atoms with Crippen LogP contribution in [0.1, 0.15) is 35.7 Å². The number of carbonyl (C=O) groups excluding carboxylic acids is 1. The minimum absolute atomic E-state index is 0.0337. The van der Waals surface area contributed by atoms with E-state index in [-0.39, 0.29) is 5.91 Å². The molecule has 0 saturated carbocycles. The number of para-hydroxylation sites is 1. The average molecular weight is 453 g/mol. The van der Waals surface area contributed by atoms with E-state index in [0.29, 0.717) is 18.7 Å². The van der Waals surface area contributed by atoms with Gasteiger partial charge in [0, 0.05) is 44.8 Å². The second-order valence-electron chi connectivity index (χ2n) is 8.23. The highest BCUT2D eigenvalue weighted by Gasteiger charge is 2.20. The molecular formula is C25H32N4O2S. The number of hydrogen-bond donors (Lipinski definition) is 1. The second kappa shape index (κ2) is 10.8. The molecule has 0 atom stereocenters. The Hall–Kier alpha value is -2.64. The van der Waals surface area contributed by atoms with Crippen LogP contribution in [-0.2, 0) is 0 Å². The molecule has 170 valence electrons. The van der Waals surface area contributed by atoms with Crippen molar-refractivity contribution in [3.8, 4) is 5.75 Å². The Balaban J connectivity index is 1.19. The Labute approximate surface area is 194 Å². The van der Waals surface area contributed by atoms with E-state index in [1.165, 1.54) is 10.3 Å². The summed E-state index contributed by atoms with van der Waals surface area (Å²) in [5.41, 5.74) is 3.03. The molecule has 7 heteroatoms. The van der Waals surface area contributed by atoms with Gasteiger partial charge in [0.15, 0.2) is 5.13 Å². The van der Waals surface area contributed by atoms with E-state index in [0.717, 1.165) is 62.0 Å². The maximum absolute atomic E-state index is 12.4. The summed E-state index contributed by atoms with van der Waals surface area (Å²) in [6, 6.07) is 13.8. The fourth-order valence-electron chi connectivity index (χ4n) is 3.84. The monoisotopic (exact) mass is 452 g/mol. The molecule has 1 saturated heterocycles. The van der Waals surface area contributed by atoms with E-state index in [2.05, 4.69) is 47.2 Å². The number of aryl methyl sites for hydroxylation is 1. The summed E-state index contributed by atoms with van der Waals surface area (Å²) in [6.45, 7) is 10.4. The van der Waals surface area contributed by atoms with E-state index < -0.39 is 0 Å². The number of aromatic nitrogens is 1. The van der Waals surface area contributed by atoms with Crippen molar-refractivity contribution in [1.82, 2.24) is 15.2 Å². The van der Waals surface area contributed by atoms with Gasteiger partial charge in [-0.05, 0) is 49.2 Å². The summed E-state index contributed by atoms with van der Waals surface area (Å²) in [7, 11) is 0. The fraction of sp³-hybridized carbons (Fsp3) is 0.440. The largest absolute Gasteiger partial charge is 0.494 e. The number of nitrogens with one attached hydrogen (secondary N) is 1. The van der Waals surface area contributed by atoms with Crippen molar-refractivity contribution in [2.45, 2.75) is 26.7 Å². The highest BCUT2D eigenvalue weighted by atomic mass is 32.1. The zero-order chi connectivity index (χ0) is 22.3. The van der Waals surface area contributed by atoms with Crippen LogP contribution in [0.3, 0.4) is 0 Å². The third kappa shape index (κ3) is 5.58. The first-order chi connectivity index (χ1) is 15.6. The molecule has 3 aromatic rings. The van der Waals surface area contributed by atoms with Gasteiger partial charge in [0.2, 0.25) is 0 Å². The van der Waals surface area contributed by atoms with Crippen LogP contribution in [0.4, 0.5) is 5.13 Å². The zero-order valence-electron chi connectivity index (χ0n) is 19.0. The van der Waals surface area contributed by atoms with Crippen molar-refractivity contribution < 1.29 is 9.53 Å². The second-order valence-corrected chi connectivity index (χ2v) is 9.24. The SMILES string of the molecule is CCCCOc1ccc(C(=O)NCCN2CCN(c3nc4c(C)cccc4s3)CC2)cc1. The predicted molar refractivity (Wildman–Crippen MR) is 132 cm³/mol. The lowest BCUT2D eigenvalue weighted by atomic mass is 10.2. The third-order valence-electron chi connectivity index (χ3n) is 5.85. The van der Waals surface area contributed by atoms with Crippen molar-refractivity contribution in [3.63, 3.8) is 0 Å². The highest BCUT2D eigenvalue weighted by molar-refractivity contribution is 7.22. The molecule has 1 aliphatic rings. The predicted octanol–water partition coefficient (Wildman–Crippen LogP) is 4.34. The minimum atomic E-state index is -0.0337. The third-order valence-corrected chi connectivity index (χ3v) is 6.93. The topological polar surface area (TPSA) is 57.7 Å². The van der Waals surface area contributed by atoms with Crippen molar-refractivity contribution >= 4 is 32.6 Å². The number of nitrogens with zero attached hydrogens (tertiary/aromatic N) is 3. The number of carbonyl (C=O) groups is 1. The smallest absolute Gasteiger partial charge is 0.251 e. The first kappa shape index (κ1) is 22.6. The van der Waals surface area contributed by atoms with Crippen LogP contribution in [0.25, 0.3) is 10.2 Å². The molecule has 0 unspecified atom stereocenters. The molecule has 0 spiro atoms. The molecule has 1 fully saturated rings. The Morgan fingerprint density at radius 1 is 1.12 bits per heavy atom. The lowest BCUT2D eigenvalue weighted by Gasteiger charge is -2.34. The van der Waals surface area contributed by atoms with Crippen molar-refractivity contribution in [1.29, 1.82) is 0 Å². The van der Waals surface area contributed by atoms with Gasteiger partial charge in [-0.25, -0.2) is 4.98 Å². The van der Waals surface area contributed by atoms with E-state index in [1.807, 2.05) is 24.3 Å². The summed E-state index contributed by atoms with van der Waals surface area (Å²) in [5, 5.41) is 4.15. The van der Waals surface area contributed by atoms with Gasteiger partial charge in [-0.2, -0.15) is 0 Å². The van der Waals surface area contributed by atoms with E-state index >= 15 is 0 Å². The van der Waals surface area contributed by atoms with Gasteiger partial charge in [-0.1, -0.05) is 36.8 Å². The molecule has 0 aliphatic carbocycles. The van der Waals surface area contributed by atoms with Crippen molar-refractivity contribution in [3.05, 3.63) is 53.6 Å². The Morgan fingerprint density at radius 2 is 1.91 bits per heavy atom. The van der Waals surface area contributed by atoms with Gasteiger partial charge in [-0.3, -0.25) is 9.69 Å². The summed E-state index contributed by atoms with van der Waals surface area (Å²) in [5.74, 6) is 0.782. The van der Waals surface area contributed by atoms with Gasteiger partial charge in [0.25, 0.3) is 5.91 Å². The highest BCUT2D eigenvalue weighted by Crippen LogP contribution is 2.30. The quantitative estimate of drug-likeness (QED) is 0.490. The van der Waals surface area contributed by atoms with Crippen LogP contribution in [0.15, 0.2) is 42.5 Å². The fourth-order valence-corrected chi connectivity index (χ4v) is 4.93. The Bertz CT molecular complexity index is 1030. The van der Waals surface area contributed by atoms with E-state index in [9.17, 15) is 4.79 Å². The molecule has 4 rings (SSSR count). The van der Waals surface area contributed by atoms with Gasteiger partial charge < -0.3 is 15.0 Å². The molecule has 6 nitrogen and oxygen atoms in total. The molecule has 1 aromatic heterocycles. The molecule has 32 heavy (non-hydrogen) atoms. The van der Waals surface area contributed by atoms with Gasteiger partial charge in [-0.15, -0.1) is 0 Å². The van der Waals surface area contributed by atoms with Crippen LogP contribution in [-0.4, -0.2) is 61.7 Å². The minimum Gasteiger partial charge on any atom is -0.494 e. The number of thiazole rings is 1. The summed E-state index contributed by atoms with van der Waals surface area (Å²) >= 11 is 1.78. The maximum Gasteiger partial charge on any atom is 0.251 e. The molecule has 0 bridgehead atoms. The number of benzene rings is 2. The van der Waals surface area contributed by atoms with Crippen LogP contribution in [0, 0.1) is 6.92 Å². The summed E-state index contributed by atoms with van der Waals surface area (Å²) in [4.78, 5) is 22.1. The van der Waals surface area contributed by atoms with Gasteiger partial charge in [0.05, 0.1) is 16.8 Å². The van der Waals surface area contributed by atoms with Crippen LogP contribution in [0.2, 0.25) is 0 Å². The lowest BCUT2D eigenvalue weighted by Crippen LogP contribution is -2.48. The molecule has 1 N–H and O–H groups in total. The van der Waals surface area contributed by atoms with Gasteiger partial charge >= 0.3 is 0 Å². The lowest BCUT2D eigenvalue weighted by molar-refractivity contribution is 0.0947. The number of piperazine rings is 1. The number of fused-ring (bicyclic) bond motifs is 1. The summed E-state index contributed by atoms with van der Waals surface area (Å²) in [6.07, 6.45) is 2.15. The number of unbranched alkanes of at least 4 members (excludes halogenated alkanes) is 1. The molecule has 1 amide bonds. The Kier molecular flexibility index (Phi) is 7.60. The van der Waals surface area contributed by atoms with E-state index in [1.54, 1.807) is 11.3 Å². The van der Waals surface area contributed by atoms with Crippen molar-refractivity contribution in [2.75, 3.05) is 50.8 Å². The first-order valence-electron chi connectivity index (χ1n) is 11.5. The molecule has 0 radical (unpaired) electrons. The van der Waals surface area contributed by atoms with Crippen LogP contribution in [0.5, 0.6) is 5.75 Å². The average Bonchev–Trinajstić information content (AvgIpc) is 3.26. The van der Waals surface area contributed by atoms with Crippen LogP contribution < -0.4 is 15.0 Å².